The third-order valence-electron chi connectivity index (χ3n) is 2.76. The van der Waals surface area contributed by atoms with Gasteiger partial charge in [0.25, 0.3) is 0 Å². The minimum absolute atomic E-state index is 0.0403. The second-order valence-electron chi connectivity index (χ2n) is 4.30. The molecule has 0 spiro atoms. The van der Waals surface area contributed by atoms with Gasteiger partial charge in [-0.3, -0.25) is 0 Å². The van der Waals surface area contributed by atoms with Crippen LogP contribution in [0.4, 0.5) is 0 Å². The smallest absolute Gasteiger partial charge is 0.127 e. The molecule has 102 valence electrons. The second-order valence-corrected chi connectivity index (χ2v) is 4.30. The van der Waals surface area contributed by atoms with Gasteiger partial charge in [0.2, 0.25) is 0 Å². The lowest BCUT2D eigenvalue weighted by Gasteiger charge is -2.22. The number of hydrogen-bond donors (Lipinski definition) is 1. The molecule has 0 aliphatic carbocycles. The monoisotopic (exact) mass is 253 g/mol. The lowest BCUT2D eigenvalue weighted by molar-refractivity contribution is 0.0616. The van der Waals surface area contributed by atoms with Gasteiger partial charge >= 0.3 is 0 Å². The molecule has 0 heterocycles. The minimum atomic E-state index is 0.0403. The van der Waals surface area contributed by atoms with E-state index in [1.165, 1.54) is 0 Å². The average molecular weight is 253 g/mol. The average Bonchev–Trinajstić information content (AvgIpc) is 2.39. The number of ether oxygens (including phenoxy) is 3. The molecular weight excluding hydrogens is 230 g/mol. The maximum Gasteiger partial charge on any atom is 0.127 e. The van der Waals surface area contributed by atoms with Crippen molar-refractivity contribution in [1.29, 1.82) is 0 Å². The summed E-state index contributed by atoms with van der Waals surface area (Å²) < 4.78 is 16.5. The van der Waals surface area contributed by atoms with E-state index >= 15 is 0 Å². The van der Waals surface area contributed by atoms with Crippen molar-refractivity contribution in [3.05, 3.63) is 23.8 Å². The Morgan fingerprint density at radius 1 is 1.11 bits per heavy atom. The Hall–Kier alpha value is -1.26. The van der Waals surface area contributed by atoms with Crippen LogP contribution < -0.4 is 14.8 Å². The van der Waals surface area contributed by atoms with E-state index in [-0.39, 0.29) is 12.1 Å². The van der Waals surface area contributed by atoms with Crippen molar-refractivity contribution in [3.8, 4) is 11.5 Å². The fraction of sp³-hybridized carbons (Fsp3) is 0.571. The molecule has 0 radical (unpaired) electrons. The molecule has 4 heteroatoms. The highest BCUT2D eigenvalue weighted by molar-refractivity contribution is 5.47. The van der Waals surface area contributed by atoms with E-state index in [1.54, 1.807) is 14.2 Å². The van der Waals surface area contributed by atoms with Crippen molar-refractivity contribution < 1.29 is 14.2 Å². The van der Waals surface area contributed by atoms with Crippen molar-refractivity contribution in [2.24, 2.45) is 0 Å². The normalized spacial score (nSPS) is 12.6. The Labute approximate surface area is 109 Å². The summed E-state index contributed by atoms with van der Waals surface area (Å²) in [7, 11) is 5.23. The van der Waals surface area contributed by atoms with Crippen LogP contribution in [0.3, 0.4) is 0 Å². The molecule has 0 amide bonds. The van der Waals surface area contributed by atoms with Crippen molar-refractivity contribution in [3.63, 3.8) is 0 Å². The summed E-state index contributed by atoms with van der Waals surface area (Å²) in [6, 6.07) is 5.81. The molecule has 1 unspecified atom stereocenters. The Kier molecular flexibility index (Phi) is 5.95. The molecule has 0 bridgehead atoms. The van der Waals surface area contributed by atoms with Crippen LogP contribution >= 0.6 is 0 Å². The van der Waals surface area contributed by atoms with Crippen molar-refractivity contribution >= 4 is 0 Å². The highest BCUT2D eigenvalue weighted by Gasteiger charge is 2.20. The summed E-state index contributed by atoms with van der Waals surface area (Å²) in [5.74, 6) is 1.61. The topological polar surface area (TPSA) is 39.7 Å². The lowest BCUT2D eigenvalue weighted by Crippen LogP contribution is -2.24. The van der Waals surface area contributed by atoms with Crippen LogP contribution in [0.15, 0.2) is 18.2 Å². The van der Waals surface area contributed by atoms with Gasteiger partial charge in [0, 0.05) is 0 Å². The van der Waals surface area contributed by atoms with Gasteiger partial charge in [-0.15, -0.1) is 0 Å². The van der Waals surface area contributed by atoms with Crippen LogP contribution in [0.25, 0.3) is 0 Å². The Bertz CT molecular complexity index is 344. The molecule has 0 aliphatic heterocycles. The number of hydrogen-bond acceptors (Lipinski definition) is 4. The number of methoxy groups -OCH3 is 2. The first-order valence-electron chi connectivity index (χ1n) is 6.13. The molecule has 1 atom stereocenters. The molecule has 4 nitrogen and oxygen atoms in total. The quantitative estimate of drug-likeness (QED) is 0.810. The summed E-state index contributed by atoms with van der Waals surface area (Å²) in [6.07, 6.45) is 0.196. The summed E-state index contributed by atoms with van der Waals surface area (Å²) >= 11 is 0. The molecule has 0 fully saturated rings. The minimum Gasteiger partial charge on any atom is -0.496 e. The zero-order chi connectivity index (χ0) is 13.5. The first-order valence-corrected chi connectivity index (χ1v) is 6.13. The molecule has 1 rings (SSSR count). The van der Waals surface area contributed by atoms with Gasteiger partial charge < -0.3 is 19.5 Å². The van der Waals surface area contributed by atoms with Gasteiger partial charge in [-0.1, -0.05) is 6.07 Å². The molecule has 1 N–H and O–H groups in total. The van der Waals surface area contributed by atoms with Gasteiger partial charge in [0.1, 0.15) is 11.5 Å². The van der Waals surface area contributed by atoms with Crippen LogP contribution in [0, 0.1) is 0 Å². The van der Waals surface area contributed by atoms with E-state index in [0.717, 1.165) is 17.1 Å². The molecule has 0 aliphatic rings. The van der Waals surface area contributed by atoms with Gasteiger partial charge in [0.05, 0.1) is 38.5 Å². The van der Waals surface area contributed by atoms with E-state index in [4.69, 9.17) is 14.2 Å². The van der Waals surface area contributed by atoms with Gasteiger partial charge in [-0.25, -0.2) is 0 Å². The third-order valence-corrected chi connectivity index (χ3v) is 2.76. The van der Waals surface area contributed by atoms with Crippen molar-refractivity contribution in [2.75, 3.05) is 27.9 Å². The highest BCUT2D eigenvalue weighted by Crippen LogP contribution is 2.34. The molecule has 0 aromatic heterocycles. The molecule has 18 heavy (non-hydrogen) atoms. The van der Waals surface area contributed by atoms with Crippen LogP contribution in [-0.2, 0) is 4.74 Å². The maximum atomic E-state index is 5.67. The summed E-state index contributed by atoms with van der Waals surface area (Å²) in [4.78, 5) is 0. The Balaban J connectivity index is 3.02. The lowest BCUT2D eigenvalue weighted by atomic mass is 10.0. The number of benzene rings is 1. The predicted octanol–water partition coefficient (Wildman–Crippen LogP) is 2.39. The van der Waals surface area contributed by atoms with E-state index in [1.807, 2.05) is 39.1 Å². The summed E-state index contributed by atoms with van der Waals surface area (Å²) in [6.45, 7) is 4.61. The van der Waals surface area contributed by atoms with E-state index in [2.05, 4.69) is 5.32 Å². The van der Waals surface area contributed by atoms with Crippen molar-refractivity contribution in [1.82, 2.24) is 5.32 Å². The first kappa shape index (κ1) is 14.8. The zero-order valence-electron chi connectivity index (χ0n) is 11.8. The molecule has 1 aromatic carbocycles. The first-order chi connectivity index (χ1) is 8.63. The van der Waals surface area contributed by atoms with Crippen LogP contribution in [0.5, 0.6) is 11.5 Å². The van der Waals surface area contributed by atoms with E-state index < -0.39 is 0 Å². The van der Waals surface area contributed by atoms with Gasteiger partial charge in [-0.05, 0) is 33.0 Å². The molecule has 1 aromatic rings. The van der Waals surface area contributed by atoms with Crippen molar-refractivity contribution in [2.45, 2.75) is 26.0 Å². The largest absolute Gasteiger partial charge is 0.496 e. The van der Waals surface area contributed by atoms with E-state index in [9.17, 15) is 0 Å². The second kappa shape index (κ2) is 7.24. The Morgan fingerprint density at radius 3 is 2.06 bits per heavy atom. The Morgan fingerprint density at radius 2 is 1.67 bits per heavy atom. The van der Waals surface area contributed by atoms with Gasteiger partial charge in [0.15, 0.2) is 0 Å². The molecule has 0 saturated carbocycles. The van der Waals surface area contributed by atoms with Crippen LogP contribution in [-0.4, -0.2) is 34.0 Å². The summed E-state index contributed by atoms with van der Waals surface area (Å²) in [5, 5.41) is 3.24. The SMILES string of the molecule is CNC(COC(C)C)c1c(OC)cccc1OC. The maximum absolute atomic E-state index is 5.67. The van der Waals surface area contributed by atoms with Gasteiger partial charge in [-0.2, -0.15) is 0 Å². The number of likely N-dealkylation sites (N-methyl/N-ethyl adjacent to an activating group) is 1. The number of rotatable bonds is 7. The van der Waals surface area contributed by atoms with E-state index in [0.29, 0.717) is 6.61 Å². The zero-order valence-corrected chi connectivity index (χ0v) is 11.8. The summed E-state index contributed by atoms with van der Waals surface area (Å²) in [5.41, 5.74) is 0.991. The molecular formula is C14H23NO3. The van der Waals surface area contributed by atoms with Crippen LogP contribution in [0.1, 0.15) is 25.5 Å². The van der Waals surface area contributed by atoms with Crippen LogP contribution in [0.2, 0.25) is 0 Å². The molecule has 0 saturated heterocycles. The number of nitrogens with one attached hydrogen (secondary N) is 1. The third kappa shape index (κ3) is 3.62. The highest BCUT2D eigenvalue weighted by atomic mass is 16.5. The predicted molar refractivity (Wildman–Crippen MR) is 72.4 cm³/mol. The standard InChI is InChI=1S/C14H23NO3/c1-10(2)18-9-11(15-3)14-12(16-4)7-6-8-13(14)17-5/h6-8,10-11,15H,9H2,1-5H3. The fourth-order valence-electron chi connectivity index (χ4n) is 1.82. The fourth-order valence-corrected chi connectivity index (χ4v) is 1.82.